The third-order valence-corrected chi connectivity index (χ3v) is 5.40. The van der Waals surface area contributed by atoms with E-state index >= 15 is 0 Å². The largest absolute Gasteiger partial charge is 0.491 e. The summed E-state index contributed by atoms with van der Waals surface area (Å²) in [5.74, 6) is 3.65. The van der Waals surface area contributed by atoms with E-state index < -0.39 is 0 Å². The Labute approximate surface area is 188 Å². The third-order valence-electron chi connectivity index (χ3n) is 5.40. The first-order valence-electron chi connectivity index (χ1n) is 10.6. The Kier molecular flexibility index (Phi) is 4.64. The standard InChI is InChI=1S/C24H20N6O3/c1-25-23-15-12-26-20-11-14(15)16(13-27-23)24-30-22-17(5-2-6-18(22)33-24)31-9-4-10-32-21-8-3-7-19(28-20)29-21/h2-3,5-8,11-13H,4,9-10H2,1H3,(H,25,27)(H,26,28,29). The number of rotatable bonds is 1. The molecule has 0 saturated carbocycles. The lowest BCUT2D eigenvalue weighted by atomic mass is 10.1. The van der Waals surface area contributed by atoms with E-state index in [1.165, 1.54) is 0 Å². The van der Waals surface area contributed by atoms with Crippen LogP contribution in [0.15, 0.2) is 59.3 Å². The Bertz CT molecular complexity index is 1480. The van der Waals surface area contributed by atoms with Gasteiger partial charge in [-0.1, -0.05) is 12.1 Å². The molecule has 0 saturated heterocycles. The second kappa shape index (κ2) is 7.94. The number of hydrogen-bond donors (Lipinski definition) is 2. The zero-order chi connectivity index (χ0) is 22.2. The molecule has 1 aliphatic heterocycles. The Hall–Kier alpha value is -4.40. The first-order chi connectivity index (χ1) is 16.3. The average molecular weight is 440 g/mol. The van der Waals surface area contributed by atoms with Gasteiger partial charge in [0.05, 0.1) is 18.8 Å². The zero-order valence-corrected chi connectivity index (χ0v) is 17.8. The number of anilines is 3. The van der Waals surface area contributed by atoms with Gasteiger partial charge in [0, 0.05) is 42.7 Å². The van der Waals surface area contributed by atoms with Crippen LogP contribution in [0.4, 0.5) is 17.5 Å². The summed E-state index contributed by atoms with van der Waals surface area (Å²) in [5, 5.41) is 8.12. The summed E-state index contributed by atoms with van der Waals surface area (Å²) >= 11 is 0. The number of nitrogens with zero attached hydrogens (tertiary/aromatic N) is 4. The normalized spacial score (nSPS) is 13.4. The maximum atomic E-state index is 6.12. The van der Waals surface area contributed by atoms with Crippen LogP contribution in [0.3, 0.4) is 0 Å². The van der Waals surface area contributed by atoms with Crippen molar-refractivity contribution in [3.05, 3.63) is 54.9 Å². The number of benzene rings is 1. The topological polar surface area (TPSA) is 107 Å². The van der Waals surface area contributed by atoms with E-state index in [0.717, 1.165) is 16.3 Å². The number of pyridine rings is 3. The first kappa shape index (κ1) is 19.3. The zero-order valence-electron chi connectivity index (χ0n) is 17.8. The molecule has 5 heterocycles. The van der Waals surface area contributed by atoms with E-state index in [1.807, 2.05) is 49.5 Å². The maximum Gasteiger partial charge on any atom is 0.229 e. The van der Waals surface area contributed by atoms with Crippen LogP contribution in [-0.4, -0.2) is 40.2 Å². The summed E-state index contributed by atoms with van der Waals surface area (Å²) in [6, 6.07) is 13.2. The Morgan fingerprint density at radius 1 is 0.909 bits per heavy atom. The van der Waals surface area contributed by atoms with Crippen LogP contribution in [0.25, 0.3) is 33.3 Å². The summed E-state index contributed by atoms with van der Waals surface area (Å²) in [4.78, 5) is 18.4. The molecule has 2 N–H and O–H groups in total. The molecular weight excluding hydrogens is 420 g/mol. The fourth-order valence-electron chi connectivity index (χ4n) is 3.84. The minimum absolute atomic E-state index is 0.464. The molecule has 0 radical (unpaired) electrons. The number of ether oxygens (including phenoxy) is 2. The van der Waals surface area contributed by atoms with Crippen LogP contribution in [-0.2, 0) is 0 Å². The van der Waals surface area contributed by atoms with E-state index in [4.69, 9.17) is 18.9 Å². The average Bonchev–Trinajstić information content (AvgIpc) is 3.28. The number of oxazole rings is 1. The summed E-state index contributed by atoms with van der Waals surface area (Å²) in [5.41, 5.74) is 2.08. The summed E-state index contributed by atoms with van der Waals surface area (Å²) in [7, 11) is 1.83. The van der Waals surface area contributed by atoms with Crippen molar-refractivity contribution >= 4 is 39.3 Å². The number of hydrogen-bond acceptors (Lipinski definition) is 9. The molecule has 33 heavy (non-hydrogen) atoms. The van der Waals surface area contributed by atoms with Gasteiger partial charge in [-0.3, -0.25) is 0 Å². The highest BCUT2D eigenvalue weighted by atomic mass is 16.5. The number of aromatic nitrogens is 4. The molecule has 6 rings (SSSR count). The van der Waals surface area contributed by atoms with Gasteiger partial charge in [0.25, 0.3) is 0 Å². The lowest BCUT2D eigenvalue weighted by Gasteiger charge is -2.11. The molecule has 0 unspecified atom stereocenters. The third kappa shape index (κ3) is 3.53. The highest BCUT2D eigenvalue weighted by Crippen LogP contribution is 2.36. The molecule has 0 amide bonds. The van der Waals surface area contributed by atoms with Crippen molar-refractivity contribution in [2.45, 2.75) is 6.42 Å². The monoisotopic (exact) mass is 440 g/mol. The van der Waals surface area contributed by atoms with Crippen LogP contribution in [0.5, 0.6) is 11.6 Å². The van der Waals surface area contributed by atoms with Gasteiger partial charge in [0.15, 0.2) is 11.1 Å². The second-order valence-corrected chi connectivity index (χ2v) is 7.54. The Morgan fingerprint density at radius 2 is 1.82 bits per heavy atom. The van der Waals surface area contributed by atoms with Gasteiger partial charge in [0.1, 0.15) is 23.2 Å². The van der Waals surface area contributed by atoms with Crippen LogP contribution < -0.4 is 20.1 Å². The minimum atomic E-state index is 0.464. The molecule has 0 atom stereocenters. The summed E-state index contributed by atoms with van der Waals surface area (Å²) in [6.07, 6.45) is 4.22. The fraction of sp³-hybridized carbons (Fsp3) is 0.167. The molecule has 0 aliphatic carbocycles. The van der Waals surface area contributed by atoms with Gasteiger partial charge in [-0.05, 0) is 24.3 Å². The van der Waals surface area contributed by atoms with Crippen LogP contribution in [0, 0.1) is 0 Å². The van der Waals surface area contributed by atoms with Crippen molar-refractivity contribution < 1.29 is 13.9 Å². The molecule has 6 bridgehead atoms. The summed E-state index contributed by atoms with van der Waals surface area (Å²) < 4.78 is 17.9. The first-order valence-corrected chi connectivity index (χ1v) is 10.6. The molecule has 1 aromatic carbocycles. The predicted octanol–water partition coefficient (Wildman–Crippen LogP) is 4.78. The van der Waals surface area contributed by atoms with E-state index in [9.17, 15) is 0 Å². The van der Waals surface area contributed by atoms with Gasteiger partial charge < -0.3 is 24.5 Å². The van der Waals surface area contributed by atoms with Crippen LogP contribution in [0.2, 0.25) is 0 Å². The van der Waals surface area contributed by atoms with Gasteiger partial charge in [-0.2, -0.15) is 4.98 Å². The Morgan fingerprint density at radius 3 is 2.76 bits per heavy atom. The highest BCUT2D eigenvalue weighted by Gasteiger charge is 2.18. The Balaban J connectivity index is 1.56. The van der Waals surface area contributed by atoms with E-state index in [-0.39, 0.29) is 0 Å². The highest BCUT2D eigenvalue weighted by molar-refractivity contribution is 6.02. The number of nitrogens with one attached hydrogen (secondary N) is 2. The van der Waals surface area contributed by atoms with E-state index in [1.54, 1.807) is 12.4 Å². The van der Waals surface area contributed by atoms with Crippen molar-refractivity contribution in [2.24, 2.45) is 0 Å². The van der Waals surface area contributed by atoms with Crippen LogP contribution >= 0.6 is 0 Å². The number of para-hydroxylation sites is 1. The van der Waals surface area contributed by atoms with Crippen molar-refractivity contribution in [3.63, 3.8) is 0 Å². The fourth-order valence-corrected chi connectivity index (χ4v) is 3.84. The molecule has 4 aromatic heterocycles. The second-order valence-electron chi connectivity index (χ2n) is 7.54. The van der Waals surface area contributed by atoms with Crippen molar-refractivity contribution in [1.82, 2.24) is 19.9 Å². The molecule has 9 heteroatoms. The minimum Gasteiger partial charge on any atom is -0.491 e. The van der Waals surface area contributed by atoms with Crippen molar-refractivity contribution in [2.75, 3.05) is 30.9 Å². The molecule has 0 spiro atoms. The molecule has 1 aliphatic rings. The molecule has 164 valence electrons. The molecule has 0 fully saturated rings. The van der Waals surface area contributed by atoms with Crippen molar-refractivity contribution in [3.8, 4) is 23.1 Å². The van der Waals surface area contributed by atoms with E-state index in [2.05, 4.69) is 25.6 Å². The lowest BCUT2D eigenvalue weighted by molar-refractivity contribution is 0.243. The van der Waals surface area contributed by atoms with Gasteiger partial charge in [-0.15, -0.1) is 0 Å². The SMILES string of the molecule is CNc1ncc2c3cc(ncc13)Nc1cccc(n1)OCCCOc1cccc3oc-2nc13. The van der Waals surface area contributed by atoms with Crippen LogP contribution in [0.1, 0.15) is 6.42 Å². The molecule has 5 aromatic rings. The van der Waals surface area contributed by atoms with Gasteiger partial charge in [0.2, 0.25) is 11.8 Å². The summed E-state index contributed by atoms with van der Waals surface area (Å²) in [6.45, 7) is 0.956. The lowest BCUT2D eigenvalue weighted by Crippen LogP contribution is -2.06. The van der Waals surface area contributed by atoms with E-state index in [0.29, 0.717) is 65.7 Å². The maximum absolute atomic E-state index is 6.12. The predicted molar refractivity (Wildman–Crippen MR) is 125 cm³/mol. The quantitative estimate of drug-likeness (QED) is 0.381. The number of fused-ring (bicyclic) bond motifs is 5. The molecule has 9 nitrogen and oxygen atoms in total. The smallest absolute Gasteiger partial charge is 0.229 e. The van der Waals surface area contributed by atoms with Crippen molar-refractivity contribution in [1.29, 1.82) is 0 Å². The van der Waals surface area contributed by atoms with Gasteiger partial charge >= 0.3 is 0 Å². The van der Waals surface area contributed by atoms with Gasteiger partial charge in [-0.25, -0.2) is 15.0 Å². The molecular formula is C24H20N6O3.